The smallest absolute Gasteiger partial charge is 0.251 e. The minimum absolute atomic E-state index is 0. The summed E-state index contributed by atoms with van der Waals surface area (Å²) in [5, 5.41) is 6.50. The van der Waals surface area contributed by atoms with Crippen LogP contribution in [0.4, 0.5) is 0 Å². The van der Waals surface area contributed by atoms with Crippen molar-refractivity contribution in [2.24, 2.45) is 5.92 Å². The van der Waals surface area contributed by atoms with Crippen molar-refractivity contribution < 1.29 is 4.79 Å². The van der Waals surface area contributed by atoms with Crippen molar-refractivity contribution in [3.05, 3.63) is 35.4 Å². The lowest BCUT2D eigenvalue weighted by atomic mass is 9.99. The molecule has 2 aliphatic rings. The molecule has 1 amide bonds. The summed E-state index contributed by atoms with van der Waals surface area (Å²) in [6, 6.07) is 8.09. The molecule has 2 fully saturated rings. The van der Waals surface area contributed by atoms with E-state index < -0.39 is 0 Å². The quantitative estimate of drug-likeness (QED) is 0.790. The monoisotopic (exact) mass is 402 g/mol. The van der Waals surface area contributed by atoms with E-state index in [-0.39, 0.29) is 30.7 Å². The second-order valence-electron chi connectivity index (χ2n) is 7.20. The highest BCUT2D eigenvalue weighted by Crippen LogP contribution is 2.12. The number of halogens is 2. The van der Waals surface area contributed by atoms with Crippen molar-refractivity contribution in [2.45, 2.75) is 19.4 Å². The molecule has 3 rings (SSSR count). The van der Waals surface area contributed by atoms with Crippen LogP contribution in [-0.2, 0) is 6.54 Å². The second kappa shape index (κ2) is 11.8. The fourth-order valence-electron chi connectivity index (χ4n) is 3.51. The van der Waals surface area contributed by atoms with Crippen LogP contribution in [0.2, 0.25) is 0 Å². The summed E-state index contributed by atoms with van der Waals surface area (Å²) in [7, 11) is 2.17. The highest BCUT2D eigenvalue weighted by molar-refractivity contribution is 5.94. The highest BCUT2D eigenvalue weighted by atomic mass is 35.5. The van der Waals surface area contributed by atoms with Crippen LogP contribution in [-0.4, -0.2) is 68.6 Å². The number of nitrogens with one attached hydrogen (secondary N) is 2. The zero-order valence-corrected chi connectivity index (χ0v) is 17.2. The van der Waals surface area contributed by atoms with E-state index in [9.17, 15) is 4.79 Å². The second-order valence-corrected chi connectivity index (χ2v) is 7.20. The molecular weight excluding hydrogens is 371 g/mol. The number of benzene rings is 1. The maximum atomic E-state index is 12.4. The summed E-state index contributed by atoms with van der Waals surface area (Å²) in [5.74, 6) is 0.622. The molecule has 26 heavy (non-hydrogen) atoms. The first-order chi connectivity index (χ1) is 11.7. The molecule has 0 saturated carbocycles. The third-order valence-electron chi connectivity index (χ3n) is 5.14. The van der Waals surface area contributed by atoms with E-state index in [2.05, 4.69) is 33.5 Å². The SMILES string of the molecule is CN1CCN(Cc2cccc(C(=O)NCC3CCCNC3)c2)CC1.Cl.Cl. The van der Waals surface area contributed by atoms with Crippen LogP contribution in [0.5, 0.6) is 0 Å². The average molecular weight is 403 g/mol. The van der Waals surface area contributed by atoms with Crippen LogP contribution < -0.4 is 10.6 Å². The van der Waals surface area contributed by atoms with Gasteiger partial charge in [0.2, 0.25) is 0 Å². The topological polar surface area (TPSA) is 47.6 Å². The summed E-state index contributed by atoms with van der Waals surface area (Å²) in [5.41, 5.74) is 2.01. The average Bonchev–Trinajstić information content (AvgIpc) is 2.63. The third-order valence-corrected chi connectivity index (χ3v) is 5.14. The molecule has 0 spiro atoms. The zero-order valence-electron chi connectivity index (χ0n) is 15.6. The van der Waals surface area contributed by atoms with Gasteiger partial charge in [0.15, 0.2) is 0 Å². The van der Waals surface area contributed by atoms with Gasteiger partial charge in [-0.2, -0.15) is 0 Å². The Bertz CT molecular complexity index is 544. The molecule has 2 saturated heterocycles. The lowest BCUT2D eigenvalue weighted by Crippen LogP contribution is -2.43. The van der Waals surface area contributed by atoms with Crippen molar-refractivity contribution in [3.8, 4) is 0 Å². The minimum atomic E-state index is 0. The zero-order chi connectivity index (χ0) is 16.8. The Morgan fingerprint density at radius 2 is 2.00 bits per heavy atom. The van der Waals surface area contributed by atoms with Gasteiger partial charge in [-0.15, -0.1) is 24.8 Å². The Morgan fingerprint density at radius 3 is 2.69 bits per heavy atom. The fourth-order valence-corrected chi connectivity index (χ4v) is 3.51. The molecule has 1 atom stereocenters. The Kier molecular flexibility index (Phi) is 10.5. The molecule has 5 nitrogen and oxygen atoms in total. The highest BCUT2D eigenvalue weighted by Gasteiger charge is 2.16. The van der Waals surface area contributed by atoms with Gasteiger partial charge in [0.1, 0.15) is 0 Å². The number of likely N-dealkylation sites (N-methyl/N-ethyl adjacent to an activating group) is 1. The number of piperazine rings is 1. The van der Waals surface area contributed by atoms with Crippen LogP contribution in [0.1, 0.15) is 28.8 Å². The number of hydrogen-bond acceptors (Lipinski definition) is 4. The molecule has 0 aromatic heterocycles. The molecule has 2 aliphatic heterocycles. The van der Waals surface area contributed by atoms with Crippen molar-refractivity contribution >= 4 is 30.7 Å². The van der Waals surface area contributed by atoms with Crippen LogP contribution in [0.25, 0.3) is 0 Å². The molecule has 7 heteroatoms. The maximum absolute atomic E-state index is 12.4. The van der Waals surface area contributed by atoms with Crippen molar-refractivity contribution in [3.63, 3.8) is 0 Å². The molecule has 2 heterocycles. The van der Waals surface area contributed by atoms with Gasteiger partial charge in [-0.1, -0.05) is 12.1 Å². The van der Waals surface area contributed by atoms with Crippen molar-refractivity contribution in [1.29, 1.82) is 0 Å². The standard InChI is InChI=1S/C19H30N4O.2ClH/c1-22-8-10-23(11-9-22)15-16-4-2-6-18(12-16)19(24)21-14-17-5-3-7-20-13-17;;/h2,4,6,12,17,20H,3,5,7-11,13-15H2,1H3,(H,21,24);2*1H. The number of piperidine rings is 1. The number of nitrogens with zero attached hydrogens (tertiary/aromatic N) is 2. The molecular formula is C19H32Cl2N4O. The molecule has 0 bridgehead atoms. The van der Waals surface area contributed by atoms with Crippen LogP contribution in [0.15, 0.2) is 24.3 Å². The predicted molar refractivity (Wildman–Crippen MR) is 112 cm³/mol. The van der Waals surface area contributed by atoms with Crippen LogP contribution in [0.3, 0.4) is 0 Å². The van der Waals surface area contributed by atoms with E-state index in [4.69, 9.17) is 0 Å². The lowest BCUT2D eigenvalue weighted by Gasteiger charge is -2.32. The summed E-state index contributed by atoms with van der Waals surface area (Å²) in [4.78, 5) is 17.2. The van der Waals surface area contributed by atoms with Crippen molar-refractivity contribution in [2.75, 3.05) is 52.9 Å². The first-order valence-corrected chi connectivity index (χ1v) is 9.19. The van der Waals surface area contributed by atoms with E-state index in [1.165, 1.54) is 18.4 Å². The first-order valence-electron chi connectivity index (χ1n) is 9.19. The van der Waals surface area contributed by atoms with E-state index in [0.29, 0.717) is 5.92 Å². The molecule has 1 aromatic rings. The fraction of sp³-hybridized carbons (Fsp3) is 0.632. The van der Waals surface area contributed by atoms with E-state index >= 15 is 0 Å². The van der Waals surface area contributed by atoms with E-state index in [1.54, 1.807) is 0 Å². The molecule has 1 aromatic carbocycles. The number of carbonyl (C=O) groups is 1. The van der Waals surface area contributed by atoms with Crippen molar-refractivity contribution in [1.82, 2.24) is 20.4 Å². The summed E-state index contributed by atoms with van der Waals surface area (Å²) in [6.45, 7) is 8.27. The van der Waals surface area contributed by atoms with E-state index in [0.717, 1.165) is 57.9 Å². The number of rotatable bonds is 5. The van der Waals surface area contributed by atoms with E-state index in [1.807, 2.05) is 18.2 Å². The summed E-state index contributed by atoms with van der Waals surface area (Å²) in [6.07, 6.45) is 2.41. The Hall–Kier alpha value is -0.850. The number of carbonyl (C=O) groups excluding carboxylic acids is 1. The maximum Gasteiger partial charge on any atom is 0.251 e. The predicted octanol–water partition coefficient (Wildman–Crippen LogP) is 2.01. The molecule has 1 unspecified atom stereocenters. The van der Waals surface area contributed by atoms with Gasteiger partial charge >= 0.3 is 0 Å². The van der Waals surface area contributed by atoms with Gasteiger partial charge in [0.05, 0.1) is 0 Å². The Balaban J connectivity index is 0.00000169. The third kappa shape index (κ3) is 7.05. The summed E-state index contributed by atoms with van der Waals surface area (Å²) < 4.78 is 0. The number of hydrogen-bond donors (Lipinski definition) is 2. The van der Waals surface area contributed by atoms with Gasteiger partial charge in [-0.3, -0.25) is 9.69 Å². The lowest BCUT2D eigenvalue weighted by molar-refractivity contribution is 0.0944. The Labute approximate surface area is 169 Å². The molecule has 0 radical (unpaired) electrons. The molecule has 148 valence electrons. The Morgan fingerprint density at radius 1 is 1.23 bits per heavy atom. The molecule has 2 N–H and O–H groups in total. The van der Waals surface area contributed by atoms with Crippen LogP contribution >= 0.6 is 24.8 Å². The molecule has 0 aliphatic carbocycles. The first kappa shape index (κ1) is 23.2. The summed E-state index contributed by atoms with van der Waals surface area (Å²) >= 11 is 0. The van der Waals surface area contributed by atoms with Gasteiger partial charge in [0.25, 0.3) is 5.91 Å². The normalized spacial score (nSPS) is 21.3. The van der Waals surface area contributed by atoms with Gasteiger partial charge < -0.3 is 15.5 Å². The largest absolute Gasteiger partial charge is 0.352 e. The number of amides is 1. The minimum Gasteiger partial charge on any atom is -0.352 e. The van der Waals surface area contributed by atoms with Gasteiger partial charge in [0, 0.05) is 44.8 Å². The van der Waals surface area contributed by atoms with Crippen LogP contribution in [0, 0.1) is 5.92 Å². The van der Waals surface area contributed by atoms with Gasteiger partial charge in [-0.25, -0.2) is 0 Å². The van der Waals surface area contributed by atoms with Gasteiger partial charge in [-0.05, 0) is 56.6 Å².